The van der Waals surface area contributed by atoms with Crippen LogP contribution in [0.4, 0.5) is 5.69 Å². The second kappa shape index (κ2) is 4.75. The highest BCUT2D eigenvalue weighted by Crippen LogP contribution is 2.21. The van der Waals surface area contributed by atoms with Gasteiger partial charge in [-0.05, 0) is 28.1 Å². The molecule has 0 saturated carbocycles. The summed E-state index contributed by atoms with van der Waals surface area (Å²) in [4.78, 5) is 4.10. The first-order chi connectivity index (χ1) is 6.55. The van der Waals surface area contributed by atoms with Crippen LogP contribution in [0.15, 0.2) is 22.9 Å². The number of hydrogen-bond acceptors (Lipinski definition) is 3. The van der Waals surface area contributed by atoms with Gasteiger partial charge in [0.25, 0.3) is 0 Å². The summed E-state index contributed by atoms with van der Waals surface area (Å²) in [5, 5.41) is 12.3. The molecule has 4 heteroatoms. The molecule has 0 aliphatic rings. The van der Waals surface area contributed by atoms with Crippen molar-refractivity contribution in [2.75, 3.05) is 18.5 Å². The average molecular weight is 259 g/mol. The van der Waals surface area contributed by atoms with Crippen LogP contribution in [0.25, 0.3) is 0 Å². The number of hydrogen-bond donors (Lipinski definition) is 2. The van der Waals surface area contributed by atoms with Gasteiger partial charge >= 0.3 is 0 Å². The Morgan fingerprint density at radius 3 is 2.86 bits per heavy atom. The van der Waals surface area contributed by atoms with Crippen molar-refractivity contribution in [2.45, 2.75) is 13.8 Å². The standard InChI is InChI=1S/C10H15BrN2O/c1-10(2,7-14)6-13-8-4-3-5-12-9(8)11/h3-5,13-14H,6-7H2,1-2H3. The van der Waals surface area contributed by atoms with Crippen molar-refractivity contribution >= 4 is 21.6 Å². The number of aliphatic hydroxyl groups is 1. The molecule has 0 aliphatic carbocycles. The van der Waals surface area contributed by atoms with Crippen LogP contribution in [0.1, 0.15) is 13.8 Å². The summed E-state index contributed by atoms with van der Waals surface area (Å²) in [6.07, 6.45) is 1.73. The third kappa shape index (κ3) is 3.27. The number of anilines is 1. The number of aromatic nitrogens is 1. The Labute approximate surface area is 92.7 Å². The molecule has 0 aliphatic heterocycles. The van der Waals surface area contributed by atoms with Crippen molar-refractivity contribution < 1.29 is 5.11 Å². The van der Waals surface area contributed by atoms with Gasteiger partial charge in [0.2, 0.25) is 0 Å². The van der Waals surface area contributed by atoms with E-state index in [9.17, 15) is 0 Å². The Morgan fingerprint density at radius 2 is 2.29 bits per heavy atom. The minimum Gasteiger partial charge on any atom is -0.396 e. The van der Waals surface area contributed by atoms with Crippen molar-refractivity contribution in [3.63, 3.8) is 0 Å². The van der Waals surface area contributed by atoms with Gasteiger partial charge in [-0.2, -0.15) is 0 Å². The smallest absolute Gasteiger partial charge is 0.129 e. The summed E-state index contributed by atoms with van der Waals surface area (Å²) in [5.41, 5.74) is 0.837. The Morgan fingerprint density at radius 1 is 1.57 bits per heavy atom. The quantitative estimate of drug-likeness (QED) is 0.815. The highest BCUT2D eigenvalue weighted by molar-refractivity contribution is 9.10. The summed E-state index contributed by atoms with van der Waals surface area (Å²) in [6.45, 7) is 4.89. The Balaban J connectivity index is 2.58. The zero-order valence-corrected chi connectivity index (χ0v) is 10.0. The molecule has 0 unspecified atom stereocenters. The monoisotopic (exact) mass is 258 g/mol. The number of nitrogens with one attached hydrogen (secondary N) is 1. The lowest BCUT2D eigenvalue weighted by Crippen LogP contribution is -2.26. The molecular weight excluding hydrogens is 244 g/mol. The van der Waals surface area contributed by atoms with E-state index < -0.39 is 0 Å². The second-order valence-electron chi connectivity index (χ2n) is 4.02. The third-order valence-electron chi connectivity index (χ3n) is 1.94. The van der Waals surface area contributed by atoms with Crippen LogP contribution in [0, 0.1) is 5.41 Å². The fourth-order valence-electron chi connectivity index (χ4n) is 0.908. The highest BCUT2D eigenvalue weighted by atomic mass is 79.9. The van der Waals surface area contributed by atoms with E-state index in [0.717, 1.165) is 10.3 Å². The van der Waals surface area contributed by atoms with Crippen LogP contribution in [0.2, 0.25) is 0 Å². The molecule has 2 N–H and O–H groups in total. The van der Waals surface area contributed by atoms with E-state index in [4.69, 9.17) is 5.11 Å². The molecule has 1 aromatic heterocycles. The van der Waals surface area contributed by atoms with Gasteiger partial charge in [0.1, 0.15) is 4.60 Å². The molecule has 78 valence electrons. The van der Waals surface area contributed by atoms with Crippen molar-refractivity contribution in [3.8, 4) is 0 Å². The summed E-state index contributed by atoms with van der Waals surface area (Å²) in [6, 6.07) is 3.82. The van der Waals surface area contributed by atoms with Crippen molar-refractivity contribution in [3.05, 3.63) is 22.9 Å². The Hall–Kier alpha value is -0.610. The van der Waals surface area contributed by atoms with Crippen LogP contribution in [-0.2, 0) is 0 Å². The van der Waals surface area contributed by atoms with E-state index in [1.165, 1.54) is 0 Å². The van der Waals surface area contributed by atoms with Crippen molar-refractivity contribution in [1.29, 1.82) is 0 Å². The predicted molar refractivity (Wildman–Crippen MR) is 61.3 cm³/mol. The number of halogens is 1. The molecule has 14 heavy (non-hydrogen) atoms. The molecule has 0 spiro atoms. The minimum absolute atomic E-state index is 0.116. The first-order valence-corrected chi connectivity index (χ1v) is 5.30. The van der Waals surface area contributed by atoms with Crippen LogP contribution in [-0.4, -0.2) is 23.2 Å². The lowest BCUT2D eigenvalue weighted by molar-refractivity contribution is 0.171. The third-order valence-corrected chi connectivity index (χ3v) is 2.58. The lowest BCUT2D eigenvalue weighted by Gasteiger charge is -2.22. The fourth-order valence-corrected chi connectivity index (χ4v) is 1.30. The minimum atomic E-state index is -0.116. The van der Waals surface area contributed by atoms with Crippen molar-refractivity contribution in [2.24, 2.45) is 5.41 Å². The topological polar surface area (TPSA) is 45.1 Å². The van der Waals surface area contributed by atoms with Crippen LogP contribution in [0.5, 0.6) is 0 Å². The molecule has 0 fully saturated rings. The van der Waals surface area contributed by atoms with E-state index in [2.05, 4.69) is 26.2 Å². The second-order valence-corrected chi connectivity index (χ2v) is 4.77. The van der Waals surface area contributed by atoms with E-state index >= 15 is 0 Å². The molecule has 1 aromatic rings. The molecule has 0 atom stereocenters. The Kier molecular flexibility index (Phi) is 3.89. The molecule has 0 radical (unpaired) electrons. The molecule has 0 saturated heterocycles. The van der Waals surface area contributed by atoms with Gasteiger partial charge in [0, 0.05) is 24.8 Å². The average Bonchev–Trinajstić information content (AvgIpc) is 2.17. The highest BCUT2D eigenvalue weighted by Gasteiger charge is 2.16. The number of aliphatic hydroxyl groups excluding tert-OH is 1. The maximum absolute atomic E-state index is 9.07. The van der Waals surface area contributed by atoms with E-state index in [1.54, 1.807) is 6.20 Å². The molecule has 0 aromatic carbocycles. The molecule has 1 rings (SSSR count). The van der Waals surface area contributed by atoms with Gasteiger partial charge in [0.15, 0.2) is 0 Å². The van der Waals surface area contributed by atoms with Gasteiger partial charge in [-0.25, -0.2) is 4.98 Å². The van der Waals surface area contributed by atoms with Gasteiger partial charge in [-0.15, -0.1) is 0 Å². The molecule has 3 nitrogen and oxygen atoms in total. The van der Waals surface area contributed by atoms with E-state index in [0.29, 0.717) is 6.54 Å². The van der Waals surface area contributed by atoms with Gasteiger partial charge in [0.05, 0.1) is 5.69 Å². The molecule has 1 heterocycles. The number of pyridine rings is 1. The van der Waals surface area contributed by atoms with Crippen molar-refractivity contribution in [1.82, 2.24) is 4.98 Å². The first kappa shape index (κ1) is 11.5. The summed E-state index contributed by atoms with van der Waals surface area (Å²) in [5.74, 6) is 0. The number of nitrogens with zero attached hydrogens (tertiary/aromatic N) is 1. The fraction of sp³-hybridized carbons (Fsp3) is 0.500. The van der Waals surface area contributed by atoms with Crippen LogP contribution < -0.4 is 5.32 Å². The lowest BCUT2D eigenvalue weighted by atomic mass is 9.95. The van der Waals surface area contributed by atoms with Crippen LogP contribution >= 0.6 is 15.9 Å². The van der Waals surface area contributed by atoms with E-state index in [1.807, 2.05) is 26.0 Å². The zero-order chi connectivity index (χ0) is 10.6. The summed E-state index contributed by atoms with van der Waals surface area (Å²) < 4.78 is 0.800. The summed E-state index contributed by atoms with van der Waals surface area (Å²) >= 11 is 3.35. The number of rotatable bonds is 4. The maximum Gasteiger partial charge on any atom is 0.129 e. The van der Waals surface area contributed by atoms with Gasteiger partial charge in [-0.1, -0.05) is 13.8 Å². The Bertz CT molecular complexity index is 302. The predicted octanol–water partition coefficient (Wildman–Crippen LogP) is 2.27. The van der Waals surface area contributed by atoms with E-state index in [-0.39, 0.29) is 12.0 Å². The zero-order valence-electron chi connectivity index (χ0n) is 8.42. The van der Waals surface area contributed by atoms with Crippen LogP contribution in [0.3, 0.4) is 0 Å². The first-order valence-electron chi connectivity index (χ1n) is 4.50. The normalized spacial score (nSPS) is 11.4. The summed E-state index contributed by atoms with van der Waals surface area (Å²) in [7, 11) is 0. The SMILES string of the molecule is CC(C)(CO)CNc1cccnc1Br. The molecule has 0 amide bonds. The molecular formula is C10H15BrN2O. The largest absolute Gasteiger partial charge is 0.396 e. The molecule has 0 bridgehead atoms. The maximum atomic E-state index is 9.07. The van der Waals surface area contributed by atoms with Gasteiger partial charge < -0.3 is 10.4 Å². The van der Waals surface area contributed by atoms with Gasteiger partial charge in [-0.3, -0.25) is 0 Å².